The van der Waals surface area contributed by atoms with Crippen LogP contribution in [0.4, 0.5) is 0 Å². The Morgan fingerprint density at radius 3 is 2.89 bits per heavy atom. The van der Waals surface area contributed by atoms with Gasteiger partial charge in [0.2, 0.25) is 0 Å². The van der Waals surface area contributed by atoms with Crippen LogP contribution < -0.4 is 10.1 Å². The number of sulfone groups is 1. The molecule has 18 heavy (non-hydrogen) atoms. The van der Waals surface area contributed by atoms with Crippen molar-refractivity contribution in [1.29, 1.82) is 0 Å². The lowest BCUT2D eigenvalue weighted by molar-refractivity contribution is 0.349. The molecule has 1 aliphatic rings. The zero-order valence-corrected chi connectivity index (χ0v) is 11.6. The molecule has 0 spiro atoms. The van der Waals surface area contributed by atoms with Crippen LogP contribution in [-0.2, 0) is 16.3 Å². The molecule has 1 N–H and O–H groups in total. The monoisotopic (exact) mass is 269 g/mol. The van der Waals surface area contributed by atoms with Gasteiger partial charge in [0.05, 0.1) is 12.4 Å². The summed E-state index contributed by atoms with van der Waals surface area (Å²) >= 11 is 0. The van der Waals surface area contributed by atoms with Gasteiger partial charge in [0.15, 0.2) is 0 Å². The fourth-order valence-corrected chi connectivity index (χ4v) is 3.23. The van der Waals surface area contributed by atoms with Crippen LogP contribution >= 0.6 is 0 Å². The van der Waals surface area contributed by atoms with Gasteiger partial charge in [-0.3, -0.25) is 0 Å². The smallest absolute Gasteiger partial charge is 0.149 e. The third-order valence-electron chi connectivity index (χ3n) is 3.04. The summed E-state index contributed by atoms with van der Waals surface area (Å²) in [4.78, 5) is 0. The molecule has 1 atom stereocenters. The van der Waals surface area contributed by atoms with Gasteiger partial charge in [0, 0.05) is 24.3 Å². The molecule has 0 saturated carbocycles. The van der Waals surface area contributed by atoms with Crippen molar-refractivity contribution in [3.8, 4) is 5.75 Å². The van der Waals surface area contributed by atoms with Crippen molar-refractivity contribution in [2.24, 2.45) is 0 Å². The van der Waals surface area contributed by atoms with E-state index in [1.54, 1.807) is 0 Å². The topological polar surface area (TPSA) is 55.4 Å². The number of fused-ring (bicyclic) bond motifs is 1. The third kappa shape index (κ3) is 3.03. The number of hydrogen-bond donors (Lipinski definition) is 1. The maximum absolute atomic E-state index is 11.5. The van der Waals surface area contributed by atoms with Crippen LogP contribution in [0, 0.1) is 0 Å². The zero-order valence-electron chi connectivity index (χ0n) is 10.8. The molecule has 100 valence electrons. The molecule has 1 aromatic rings. The van der Waals surface area contributed by atoms with Crippen molar-refractivity contribution < 1.29 is 13.2 Å². The van der Waals surface area contributed by atoms with E-state index in [9.17, 15) is 8.42 Å². The number of hydrogen-bond acceptors (Lipinski definition) is 4. The Kier molecular flexibility index (Phi) is 3.92. The Bertz CT molecular complexity index is 525. The molecule has 1 unspecified atom stereocenters. The van der Waals surface area contributed by atoms with Crippen LogP contribution in [0.15, 0.2) is 18.2 Å². The lowest BCUT2D eigenvalue weighted by atomic mass is 10.0. The van der Waals surface area contributed by atoms with Gasteiger partial charge < -0.3 is 10.1 Å². The molecule has 5 heteroatoms. The summed E-state index contributed by atoms with van der Waals surface area (Å²) in [6.07, 6.45) is 2.17. The first-order valence-electron chi connectivity index (χ1n) is 6.17. The Labute approximate surface area is 108 Å². The van der Waals surface area contributed by atoms with Crippen LogP contribution in [0.25, 0.3) is 0 Å². The summed E-state index contributed by atoms with van der Waals surface area (Å²) in [7, 11) is -3.03. The van der Waals surface area contributed by atoms with Crippen molar-refractivity contribution in [2.75, 3.05) is 25.2 Å². The van der Waals surface area contributed by atoms with Crippen LogP contribution in [0.5, 0.6) is 5.75 Å². The molecule has 0 saturated heterocycles. The minimum atomic E-state index is -3.03. The summed E-state index contributed by atoms with van der Waals surface area (Å²) in [6, 6.07) is 5.76. The average molecular weight is 269 g/mol. The van der Waals surface area contributed by atoms with Crippen LogP contribution in [0.2, 0.25) is 0 Å². The van der Waals surface area contributed by atoms with E-state index in [1.165, 1.54) is 11.8 Å². The van der Waals surface area contributed by atoms with E-state index in [0.717, 1.165) is 24.3 Å². The number of ether oxygens (including phenoxy) is 1. The van der Waals surface area contributed by atoms with E-state index in [-0.39, 0.29) is 11.8 Å². The second-order valence-electron chi connectivity index (χ2n) is 4.64. The fraction of sp³-hybridized carbons (Fsp3) is 0.538. The van der Waals surface area contributed by atoms with Gasteiger partial charge in [0.25, 0.3) is 0 Å². The highest BCUT2D eigenvalue weighted by atomic mass is 32.2. The van der Waals surface area contributed by atoms with Gasteiger partial charge in [-0.25, -0.2) is 8.42 Å². The minimum absolute atomic E-state index is 0.0979. The Balaban J connectivity index is 2.34. The van der Waals surface area contributed by atoms with Gasteiger partial charge in [-0.05, 0) is 12.1 Å². The van der Waals surface area contributed by atoms with Crippen molar-refractivity contribution in [3.05, 3.63) is 29.3 Å². The number of rotatable bonds is 5. The maximum Gasteiger partial charge on any atom is 0.149 e. The van der Waals surface area contributed by atoms with E-state index in [4.69, 9.17) is 4.74 Å². The van der Waals surface area contributed by atoms with Crippen molar-refractivity contribution in [1.82, 2.24) is 5.32 Å². The SMILES string of the molecule is CCNC(CS(C)(=O)=O)c1cccc2c1OCC2. The predicted octanol–water partition coefficient (Wildman–Crippen LogP) is 1.32. The standard InChI is InChI=1S/C13H19NO3S/c1-3-14-12(9-18(2,15)16)11-6-4-5-10-7-8-17-13(10)11/h4-6,12,14H,3,7-9H2,1-2H3. The first-order valence-corrected chi connectivity index (χ1v) is 8.23. The highest BCUT2D eigenvalue weighted by molar-refractivity contribution is 7.90. The molecule has 0 radical (unpaired) electrons. The molecule has 0 amide bonds. The van der Waals surface area contributed by atoms with E-state index < -0.39 is 9.84 Å². The molecule has 0 bridgehead atoms. The lowest BCUT2D eigenvalue weighted by Crippen LogP contribution is -2.28. The predicted molar refractivity (Wildman–Crippen MR) is 71.8 cm³/mol. The molecular formula is C13H19NO3S. The molecule has 2 rings (SSSR count). The lowest BCUT2D eigenvalue weighted by Gasteiger charge is -2.19. The molecule has 1 aliphatic heterocycles. The molecule has 0 aromatic heterocycles. The van der Waals surface area contributed by atoms with E-state index in [2.05, 4.69) is 5.32 Å². The average Bonchev–Trinajstić information content (AvgIpc) is 2.74. The summed E-state index contributed by atoms with van der Waals surface area (Å²) in [5, 5.41) is 3.23. The van der Waals surface area contributed by atoms with Gasteiger partial charge in [-0.15, -0.1) is 0 Å². The molecule has 1 heterocycles. The molecule has 1 aromatic carbocycles. The number of benzene rings is 1. The Morgan fingerprint density at radius 1 is 1.44 bits per heavy atom. The van der Waals surface area contributed by atoms with Gasteiger partial charge in [0.1, 0.15) is 15.6 Å². The first kappa shape index (κ1) is 13.4. The highest BCUT2D eigenvalue weighted by Crippen LogP contribution is 2.33. The number of para-hydroxylation sites is 1. The van der Waals surface area contributed by atoms with E-state index in [1.807, 2.05) is 25.1 Å². The normalized spacial score (nSPS) is 16.1. The van der Waals surface area contributed by atoms with Crippen LogP contribution in [0.3, 0.4) is 0 Å². The second kappa shape index (κ2) is 5.28. The minimum Gasteiger partial charge on any atom is -0.493 e. The third-order valence-corrected chi connectivity index (χ3v) is 3.98. The summed E-state index contributed by atoms with van der Waals surface area (Å²) in [5.74, 6) is 0.966. The van der Waals surface area contributed by atoms with Crippen LogP contribution in [-0.4, -0.2) is 33.6 Å². The van der Waals surface area contributed by atoms with Crippen molar-refractivity contribution in [2.45, 2.75) is 19.4 Å². The van der Waals surface area contributed by atoms with Crippen LogP contribution in [0.1, 0.15) is 24.1 Å². The van der Waals surface area contributed by atoms with E-state index >= 15 is 0 Å². The molecule has 0 aliphatic carbocycles. The summed E-state index contributed by atoms with van der Waals surface area (Å²) in [6.45, 7) is 3.38. The highest BCUT2D eigenvalue weighted by Gasteiger charge is 2.24. The fourth-order valence-electron chi connectivity index (χ4n) is 2.32. The van der Waals surface area contributed by atoms with Gasteiger partial charge in [-0.2, -0.15) is 0 Å². The molecule has 0 fully saturated rings. The Morgan fingerprint density at radius 2 is 2.22 bits per heavy atom. The summed E-state index contributed by atoms with van der Waals surface area (Å²) in [5.41, 5.74) is 2.13. The quantitative estimate of drug-likeness (QED) is 0.876. The van der Waals surface area contributed by atoms with Gasteiger partial charge >= 0.3 is 0 Å². The van der Waals surface area contributed by atoms with Crippen molar-refractivity contribution in [3.63, 3.8) is 0 Å². The zero-order chi connectivity index (χ0) is 13.2. The maximum atomic E-state index is 11.5. The number of nitrogens with one attached hydrogen (secondary N) is 1. The molecular weight excluding hydrogens is 250 g/mol. The van der Waals surface area contributed by atoms with Crippen molar-refractivity contribution >= 4 is 9.84 Å². The second-order valence-corrected chi connectivity index (χ2v) is 6.82. The van der Waals surface area contributed by atoms with Gasteiger partial charge in [-0.1, -0.05) is 25.1 Å². The largest absolute Gasteiger partial charge is 0.493 e. The summed E-state index contributed by atoms with van der Waals surface area (Å²) < 4.78 is 28.7. The Hall–Kier alpha value is -1.07. The van der Waals surface area contributed by atoms with E-state index in [0.29, 0.717) is 6.61 Å². The first-order chi connectivity index (χ1) is 8.51. The molecule has 4 nitrogen and oxygen atoms in total.